The number of methoxy groups -OCH3 is 1. The Kier molecular flexibility index (Phi) is 6.75. The molecule has 2 N–H and O–H groups in total. The molecule has 2 fully saturated rings. The van der Waals surface area contributed by atoms with Crippen LogP contribution < -0.4 is 10.5 Å². The number of nitrogens with zero attached hydrogens (tertiary/aromatic N) is 1. The van der Waals surface area contributed by atoms with Crippen LogP contribution in [-0.2, 0) is 4.79 Å². The summed E-state index contributed by atoms with van der Waals surface area (Å²) in [6, 6.07) is 8.37. The first-order valence-corrected chi connectivity index (χ1v) is 9.17. The molecule has 0 radical (unpaired) electrons. The quantitative estimate of drug-likeness (QED) is 0.881. The SMILES string of the molecule is COc1ccc(C(C)N(C)C(=O)C2CC3CCCC(C2)C3N)cc1.Cl. The van der Waals surface area contributed by atoms with Crippen LogP contribution in [0.5, 0.6) is 5.75 Å². The van der Waals surface area contributed by atoms with Gasteiger partial charge in [-0.25, -0.2) is 0 Å². The fourth-order valence-electron chi connectivity index (χ4n) is 4.58. The van der Waals surface area contributed by atoms with E-state index in [1.54, 1.807) is 7.11 Å². The summed E-state index contributed by atoms with van der Waals surface area (Å²) in [4.78, 5) is 14.9. The van der Waals surface area contributed by atoms with Gasteiger partial charge in [-0.15, -0.1) is 12.4 Å². The molecule has 0 saturated heterocycles. The van der Waals surface area contributed by atoms with E-state index in [4.69, 9.17) is 10.5 Å². The predicted octanol–water partition coefficient (Wildman–Crippen LogP) is 3.79. The third-order valence-corrected chi connectivity index (χ3v) is 6.29. The molecule has 0 spiro atoms. The first-order valence-electron chi connectivity index (χ1n) is 9.17. The Morgan fingerprint density at radius 3 is 2.28 bits per heavy atom. The first kappa shape index (κ1) is 20.1. The fraction of sp³-hybridized carbons (Fsp3) is 0.650. The van der Waals surface area contributed by atoms with Gasteiger partial charge in [-0.05, 0) is 62.1 Å². The largest absolute Gasteiger partial charge is 0.497 e. The fourth-order valence-corrected chi connectivity index (χ4v) is 4.58. The van der Waals surface area contributed by atoms with Crippen LogP contribution in [0, 0.1) is 17.8 Å². The lowest BCUT2D eigenvalue weighted by molar-refractivity contribution is -0.139. The molecule has 0 heterocycles. The average molecular weight is 367 g/mol. The maximum absolute atomic E-state index is 13.0. The van der Waals surface area contributed by atoms with E-state index in [2.05, 4.69) is 6.92 Å². The zero-order chi connectivity index (χ0) is 17.3. The van der Waals surface area contributed by atoms with Crippen molar-refractivity contribution in [3.63, 3.8) is 0 Å². The molecule has 1 amide bonds. The highest BCUT2D eigenvalue weighted by Gasteiger charge is 2.41. The van der Waals surface area contributed by atoms with Crippen LogP contribution in [0.15, 0.2) is 24.3 Å². The van der Waals surface area contributed by atoms with Gasteiger partial charge in [0, 0.05) is 19.0 Å². The summed E-state index contributed by atoms with van der Waals surface area (Å²) in [6.45, 7) is 2.09. The molecule has 3 rings (SSSR count). The third kappa shape index (κ3) is 4.12. The predicted molar refractivity (Wildman–Crippen MR) is 103 cm³/mol. The number of fused-ring (bicyclic) bond motifs is 2. The Balaban J connectivity index is 0.00000225. The summed E-state index contributed by atoms with van der Waals surface area (Å²) in [5, 5.41) is 0. The van der Waals surface area contributed by atoms with Gasteiger partial charge in [0.1, 0.15) is 5.75 Å². The Morgan fingerprint density at radius 1 is 1.20 bits per heavy atom. The number of rotatable bonds is 4. The molecule has 1 aromatic rings. The third-order valence-electron chi connectivity index (χ3n) is 6.29. The minimum atomic E-state index is 0. The van der Waals surface area contributed by atoms with Gasteiger partial charge in [0.15, 0.2) is 0 Å². The zero-order valence-corrected chi connectivity index (χ0v) is 16.3. The second-order valence-corrected chi connectivity index (χ2v) is 7.60. The Morgan fingerprint density at radius 2 is 1.76 bits per heavy atom. The highest BCUT2D eigenvalue weighted by molar-refractivity contribution is 5.85. The molecular weight excluding hydrogens is 336 g/mol. The lowest BCUT2D eigenvalue weighted by atomic mass is 9.65. The molecule has 3 atom stereocenters. The lowest BCUT2D eigenvalue weighted by Crippen LogP contribution is -2.49. The van der Waals surface area contributed by atoms with Crippen molar-refractivity contribution < 1.29 is 9.53 Å². The normalized spacial score (nSPS) is 29.3. The van der Waals surface area contributed by atoms with Crippen molar-refractivity contribution in [1.29, 1.82) is 0 Å². The number of ether oxygens (including phenoxy) is 1. The number of carbonyl (C=O) groups is 1. The van der Waals surface area contributed by atoms with E-state index < -0.39 is 0 Å². The van der Waals surface area contributed by atoms with E-state index in [-0.39, 0.29) is 30.3 Å². The molecule has 3 unspecified atom stereocenters. The van der Waals surface area contributed by atoms with Crippen molar-refractivity contribution in [2.24, 2.45) is 23.5 Å². The molecule has 2 aliphatic rings. The van der Waals surface area contributed by atoms with Crippen molar-refractivity contribution in [2.75, 3.05) is 14.2 Å². The van der Waals surface area contributed by atoms with Crippen molar-refractivity contribution in [3.8, 4) is 5.75 Å². The molecular formula is C20H31ClN2O2. The van der Waals surface area contributed by atoms with Crippen LogP contribution in [0.1, 0.15) is 50.6 Å². The van der Waals surface area contributed by atoms with Gasteiger partial charge in [0.25, 0.3) is 0 Å². The molecule has 140 valence electrons. The van der Waals surface area contributed by atoms with Gasteiger partial charge in [-0.2, -0.15) is 0 Å². The highest BCUT2D eigenvalue weighted by atomic mass is 35.5. The molecule has 1 aromatic carbocycles. The van der Waals surface area contributed by atoms with Crippen LogP contribution in [0.4, 0.5) is 0 Å². The zero-order valence-electron chi connectivity index (χ0n) is 15.5. The standard InChI is InChI=1S/C20H30N2O2.ClH/c1-13(14-7-9-18(24-3)10-8-14)22(2)20(23)17-11-15-5-4-6-16(12-17)19(15)21;/h7-10,13,15-17,19H,4-6,11-12,21H2,1-3H3;1H. The summed E-state index contributed by atoms with van der Waals surface area (Å²) in [5.41, 5.74) is 7.50. The Labute approximate surface area is 157 Å². The minimum absolute atomic E-state index is 0. The van der Waals surface area contributed by atoms with E-state index in [1.165, 1.54) is 19.3 Å². The van der Waals surface area contributed by atoms with Gasteiger partial charge in [0.2, 0.25) is 5.91 Å². The van der Waals surface area contributed by atoms with E-state index in [0.717, 1.165) is 24.2 Å². The van der Waals surface area contributed by atoms with Gasteiger partial charge >= 0.3 is 0 Å². The molecule has 2 aliphatic carbocycles. The number of amides is 1. The molecule has 4 nitrogen and oxygen atoms in total. The number of carbonyl (C=O) groups excluding carboxylic acids is 1. The minimum Gasteiger partial charge on any atom is -0.497 e. The first-order chi connectivity index (χ1) is 11.5. The second kappa shape index (κ2) is 8.41. The van der Waals surface area contributed by atoms with Gasteiger partial charge < -0.3 is 15.4 Å². The summed E-state index contributed by atoms with van der Waals surface area (Å²) in [6.07, 6.45) is 5.60. The maximum atomic E-state index is 13.0. The van der Waals surface area contributed by atoms with E-state index in [9.17, 15) is 4.79 Å². The Hall–Kier alpha value is -1.26. The smallest absolute Gasteiger partial charge is 0.225 e. The van der Waals surface area contributed by atoms with Gasteiger partial charge in [-0.3, -0.25) is 4.79 Å². The van der Waals surface area contributed by atoms with Crippen LogP contribution in [-0.4, -0.2) is 31.0 Å². The highest BCUT2D eigenvalue weighted by Crippen LogP contribution is 2.42. The van der Waals surface area contributed by atoms with E-state index in [1.807, 2.05) is 36.2 Å². The molecule has 2 bridgehead atoms. The number of benzene rings is 1. The molecule has 2 saturated carbocycles. The monoisotopic (exact) mass is 366 g/mol. The average Bonchev–Trinajstić information content (AvgIpc) is 2.59. The second-order valence-electron chi connectivity index (χ2n) is 7.60. The Bertz CT molecular complexity index is 564. The van der Waals surface area contributed by atoms with Crippen molar-refractivity contribution in [3.05, 3.63) is 29.8 Å². The number of halogens is 1. The molecule has 25 heavy (non-hydrogen) atoms. The molecule has 0 aromatic heterocycles. The topological polar surface area (TPSA) is 55.6 Å². The van der Waals surface area contributed by atoms with Crippen molar-refractivity contribution in [2.45, 2.75) is 51.1 Å². The van der Waals surface area contributed by atoms with E-state index >= 15 is 0 Å². The van der Waals surface area contributed by atoms with Crippen LogP contribution in [0.2, 0.25) is 0 Å². The van der Waals surface area contributed by atoms with Crippen LogP contribution in [0.3, 0.4) is 0 Å². The number of hydrogen-bond acceptors (Lipinski definition) is 3. The van der Waals surface area contributed by atoms with Crippen molar-refractivity contribution in [1.82, 2.24) is 4.90 Å². The number of hydrogen-bond donors (Lipinski definition) is 1. The summed E-state index contributed by atoms with van der Waals surface area (Å²) >= 11 is 0. The molecule has 5 heteroatoms. The summed E-state index contributed by atoms with van der Waals surface area (Å²) in [5.74, 6) is 2.34. The van der Waals surface area contributed by atoms with Gasteiger partial charge in [-0.1, -0.05) is 18.6 Å². The molecule has 0 aliphatic heterocycles. The van der Waals surface area contributed by atoms with Crippen LogP contribution >= 0.6 is 12.4 Å². The van der Waals surface area contributed by atoms with Gasteiger partial charge in [0.05, 0.1) is 13.2 Å². The van der Waals surface area contributed by atoms with Crippen molar-refractivity contribution >= 4 is 18.3 Å². The maximum Gasteiger partial charge on any atom is 0.225 e. The van der Waals surface area contributed by atoms with E-state index in [0.29, 0.717) is 17.9 Å². The lowest BCUT2D eigenvalue weighted by Gasteiger charge is -2.44. The summed E-state index contributed by atoms with van der Waals surface area (Å²) in [7, 11) is 3.60. The summed E-state index contributed by atoms with van der Waals surface area (Å²) < 4.78 is 5.21. The number of nitrogens with two attached hydrogens (primary N) is 1. The van der Waals surface area contributed by atoms with Crippen LogP contribution in [0.25, 0.3) is 0 Å².